The number of fused-ring (bicyclic) bond motifs is 1. The zero-order valence-corrected chi connectivity index (χ0v) is 25.5. The van der Waals surface area contributed by atoms with E-state index in [1.54, 1.807) is 36.4 Å². The average molecular weight is 651 g/mol. The number of hydrogen-bond donors (Lipinski definition) is 3. The summed E-state index contributed by atoms with van der Waals surface area (Å²) in [6.07, 6.45) is -4.49. The minimum atomic E-state index is -5.65. The van der Waals surface area contributed by atoms with Crippen molar-refractivity contribution >= 4 is 5.97 Å². The SMILES string of the molecule is CC1(c2ccc(O)cc2)COc2cc(O)ccc2C1CCCCc1ccc(OCCC(CCCC(F)(F)C(F)(F)F)C(=O)O)cc1. The van der Waals surface area contributed by atoms with E-state index < -0.39 is 36.8 Å². The summed E-state index contributed by atoms with van der Waals surface area (Å²) in [6, 6.07) is 19.8. The highest BCUT2D eigenvalue weighted by molar-refractivity contribution is 5.69. The van der Waals surface area contributed by atoms with Gasteiger partial charge in [-0.15, -0.1) is 0 Å². The fourth-order valence-electron chi connectivity index (χ4n) is 6.06. The quantitative estimate of drug-likeness (QED) is 0.112. The van der Waals surface area contributed by atoms with Gasteiger partial charge in [-0.3, -0.25) is 4.79 Å². The number of carbonyl (C=O) groups is 1. The van der Waals surface area contributed by atoms with E-state index >= 15 is 0 Å². The molecule has 0 saturated heterocycles. The Balaban J connectivity index is 1.27. The van der Waals surface area contributed by atoms with E-state index in [9.17, 15) is 42.1 Å². The number of aromatic hydroxyl groups is 2. The highest BCUT2D eigenvalue weighted by atomic mass is 19.4. The summed E-state index contributed by atoms with van der Waals surface area (Å²) >= 11 is 0. The number of hydrogen-bond acceptors (Lipinski definition) is 5. The Bertz CT molecular complexity index is 1440. The number of aliphatic carboxylic acids is 1. The lowest BCUT2D eigenvalue weighted by atomic mass is 9.66. The Morgan fingerprint density at radius 2 is 1.61 bits per heavy atom. The van der Waals surface area contributed by atoms with E-state index in [4.69, 9.17) is 9.47 Å². The molecule has 3 aromatic carbocycles. The van der Waals surface area contributed by atoms with Crippen molar-refractivity contribution in [2.75, 3.05) is 13.2 Å². The van der Waals surface area contributed by atoms with Crippen LogP contribution in [0.25, 0.3) is 0 Å². The zero-order valence-electron chi connectivity index (χ0n) is 25.5. The molecule has 0 aromatic heterocycles. The Kier molecular flexibility index (Phi) is 11.1. The van der Waals surface area contributed by atoms with Crippen molar-refractivity contribution in [1.82, 2.24) is 0 Å². The standard InChI is InChI=1S/C35H39F5O6/c1-33(25-10-12-26(41)13-11-25)22-46-31-21-27(42)14-17-29(31)30(33)7-3-2-5-23-8-15-28(16-9-23)45-20-18-24(32(43)44)6-4-19-34(36,37)35(38,39)40/h8-17,21,24,30,41-42H,2-7,18-20,22H2,1H3,(H,43,44). The Morgan fingerprint density at radius 3 is 2.26 bits per heavy atom. The molecule has 46 heavy (non-hydrogen) atoms. The van der Waals surface area contributed by atoms with Gasteiger partial charge in [-0.2, -0.15) is 22.0 Å². The molecule has 1 aliphatic rings. The molecule has 4 rings (SSSR count). The molecule has 0 fully saturated rings. The van der Waals surface area contributed by atoms with Crippen molar-refractivity contribution in [3.63, 3.8) is 0 Å². The number of alkyl halides is 5. The van der Waals surface area contributed by atoms with Gasteiger partial charge in [0.25, 0.3) is 0 Å². The highest BCUT2D eigenvalue weighted by Gasteiger charge is 2.56. The fourth-order valence-corrected chi connectivity index (χ4v) is 6.06. The maximum Gasteiger partial charge on any atom is 0.453 e. The summed E-state index contributed by atoms with van der Waals surface area (Å²) in [5.41, 5.74) is 2.83. The molecule has 1 heterocycles. The number of aryl methyl sites for hydroxylation is 1. The van der Waals surface area contributed by atoms with Crippen molar-refractivity contribution < 1.29 is 51.5 Å². The van der Waals surface area contributed by atoms with Gasteiger partial charge < -0.3 is 24.8 Å². The van der Waals surface area contributed by atoms with Gasteiger partial charge in [0.2, 0.25) is 0 Å². The van der Waals surface area contributed by atoms with Crippen LogP contribution in [0.3, 0.4) is 0 Å². The number of rotatable bonds is 15. The van der Waals surface area contributed by atoms with E-state index in [1.165, 1.54) is 0 Å². The molecule has 6 nitrogen and oxygen atoms in total. The topological polar surface area (TPSA) is 96.2 Å². The van der Waals surface area contributed by atoms with Crippen molar-refractivity contribution in [3.05, 3.63) is 83.4 Å². The van der Waals surface area contributed by atoms with E-state index in [0.29, 0.717) is 18.1 Å². The van der Waals surface area contributed by atoms with Crippen molar-refractivity contribution in [2.45, 2.75) is 81.7 Å². The fraction of sp³-hybridized carbons (Fsp3) is 0.457. The summed E-state index contributed by atoms with van der Waals surface area (Å²) in [6.45, 7) is 2.57. The Labute approximate surface area is 264 Å². The number of halogens is 5. The molecule has 0 bridgehead atoms. The number of phenols is 2. The predicted octanol–water partition coefficient (Wildman–Crippen LogP) is 8.78. The first-order chi connectivity index (χ1) is 21.7. The number of benzene rings is 3. The van der Waals surface area contributed by atoms with Crippen LogP contribution < -0.4 is 9.47 Å². The third kappa shape index (κ3) is 8.61. The molecular weight excluding hydrogens is 611 g/mol. The maximum absolute atomic E-state index is 13.1. The van der Waals surface area contributed by atoms with Gasteiger partial charge in [-0.1, -0.05) is 43.7 Å². The summed E-state index contributed by atoms with van der Waals surface area (Å²) < 4.78 is 75.0. The summed E-state index contributed by atoms with van der Waals surface area (Å²) in [4.78, 5) is 11.5. The first kappa shape index (κ1) is 34.8. The molecule has 0 saturated carbocycles. The molecule has 3 N–H and O–H groups in total. The van der Waals surface area contributed by atoms with Crippen LogP contribution in [0.15, 0.2) is 66.7 Å². The van der Waals surface area contributed by atoms with E-state index in [1.807, 2.05) is 30.3 Å². The first-order valence-electron chi connectivity index (χ1n) is 15.3. The van der Waals surface area contributed by atoms with Crippen LogP contribution in [0.1, 0.15) is 74.5 Å². The van der Waals surface area contributed by atoms with Crippen LogP contribution >= 0.6 is 0 Å². The van der Waals surface area contributed by atoms with Gasteiger partial charge in [0.1, 0.15) is 23.0 Å². The summed E-state index contributed by atoms with van der Waals surface area (Å²) in [5, 5.41) is 29.1. The predicted molar refractivity (Wildman–Crippen MR) is 162 cm³/mol. The first-order valence-corrected chi connectivity index (χ1v) is 15.3. The second kappa shape index (κ2) is 14.6. The Hall–Kier alpha value is -4.02. The second-order valence-electron chi connectivity index (χ2n) is 12.2. The van der Waals surface area contributed by atoms with Crippen LogP contribution in [0, 0.1) is 5.92 Å². The lowest BCUT2D eigenvalue weighted by Gasteiger charge is -2.43. The number of phenolic OH excluding ortho intramolecular Hbond substituents is 2. The molecule has 0 amide bonds. The number of ether oxygens (including phenoxy) is 2. The van der Waals surface area contributed by atoms with Gasteiger partial charge >= 0.3 is 18.1 Å². The van der Waals surface area contributed by atoms with Gasteiger partial charge in [0.05, 0.1) is 19.1 Å². The molecule has 3 atom stereocenters. The normalized spacial score (nSPS) is 18.8. The molecular formula is C35H39F5O6. The molecule has 1 aliphatic heterocycles. The maximum atomic E-state index is 13.1. The molecule has 11 heteroatoms. The summed E-state index contributed by atoms with van der Waals surface area (Å²) in [5.74, 6) is -5.56. The van der Waals surface area contributed by atoms with E-state index in [2.05, 4.69) is 6.92 Å². The van der Waals surface area contributed by atoms with Crippen LogP contribution in [0.4, 0.5) is 22.0 Å². The number of carboxylic acid groups (broad SMARTS) is 1. The number of carboxylic acids is 1. The van der Waals surface area contributed by atoms with Gasteiger partial charge in [0.15, 0.2) is 0 Å². The monoisotopic (exact) mass is 650 g/mol. The molecule has 0 spiro atoms. The number of unbranched alkanes of at least 4 members (excludes halogenated alkanes) is 1. The van der Waals surface area contributed by atoms with E-state index in [-0.39, 0.29) is 42.3 Å². The van der Waals surface area contributed by atoms with Crippen LogP contribution in [0.5, 0.6) is 23.0 Å². The molecule has 0 aliphatic carbocycles. The Morgan fingerprint density at radius 1 is 0.935 bits per heavy atom. The van der Waals surface area contributed by atoms with Crippen LogP contribution in [-0.4, -0.2) is 46.6 Å². The van der Waals surface area contributed by atoms with Crippen molar-refractivity contribution in [2.24, 2.45) is 5.92 Å². The van der Waals surface area contributed by atoms with Gasteiger partial charge in [0, 0.05) is 23.8 Å². The molecule has 3 unspecified atom stereocenters. The minimum Gasteiger partial charge on any atom is -0.508 e. The average Bonchev–Trinajstić information content (AvgIpc) is 2.99. The van der Waals surface area contributed by atoms with E-state index in [0.717, 1.165) is 42.4 Å². The largest absolute Gasteiger partial charge is 0.508 e. The lowest BCUT2D eigenvalue weighted by molar-refractivity contribution is -0.284. The molecule has 3 aromatic rings. The van der Waals surface area contributed by atoms with Crippen molar-refractivity contribution in [1.29, 1.82) is 0 Å². The van der Waals surface area contributed by atoms with Crippen molar-refractivity contribution in [3.8, 4) is 23.0 Å². The van der Waals surface area contributed by atoms with Crippen LogP contribution in [-0.2, 0) is 16.6 Å². The van der Waals surface area contributed by atoms with Gasteiger partial charge in [-0.05, 0) is 85.5 Å². The third-order valence-corrected chi connectivity index (χ3v) is 8.87. The third-order valence-electron chi connectivity index (χ3n) is 8.87. The molecule has 0 radical (unpaired) electrons. The van der Waals surface area contributed by atoms with Gasteiger partial charge in [-0.25, -0.2) is 0 Å². The lowest BCUT2D eigenvalue weighted by Crippen LogP contribution is -2.40. The second-order valence-corrected chi connectivity index (χ2v) is 12.2. The smallest absolute Gasteiger partial charge is 0.453 e. The minimum absolute atomic E-state index is 0.0177. The highest BCUT2D eigenvalue weighted by Crippen LogP contribution is 2.50. The van der Waals surface area contributed by atoms with Crippen LogP contribution in [0.2, 0.25) is 0 Å². The summed E-state index contributed by atoms with van der Waals surface area (Å²) in [7, 11) is 0. The molecule has 250 valence electrons. The zero-order chi connectivity index (χ0) is 33.5.